The number of aliphatic carboxylic acids is 1. The number of likely N-dealkylation sites (N-methyl/N-ethyl adjacent to an activating group) is 1. The van der Waals surface area contributed by atoms with Crippen molar-refractivity contribution >= 4 is 46.8 Å². The van der Waals surface area contributed by atoms with Crippen LogP contribution in [-0.2, 0) is 42.4 Å². The first-order chi connectivity index (χ1) is 32.7. The molecule has 1 aromatic heterocycles. The standard InChI is InChI=1S/C53H61N5O8S/c1-57(25-27-65-29-31-66-30-28-64-26-21-51(60)61)50(59)34-38-10-8-15-44(33-38)67-37-39-11-7-14-41(32-39)52(62)56-48-19-18-43(58-23-5-2-6-24-58)36-46(48)49-35-42(20-22-54-49)53(63)55-47-17-9-13-40-12-3-4-16-45(40)47/h3-4,7-8,10-12,14-16,18-20,22,32-33,35-36,47H,2,5-6,9,13,17,21,23-31,34,37H2,1H3,(H,55,63)(H,56,62)(H,60,61). The minimum atomic E-state index is -0.895. The molecule has 2 heterocycles. The lowest BCUT2D eigenvalue weighted by Gasteiger charge is -2.29. The second kappa shape index (κ2) is 25.2. The molecule has 2 aliphatic rings. The summed E-state index contributed by atoms with van der Waals surface area (Å²) in [5.41, 5.74) is 8.41. The van der Waals surface area contributed by atoms with Crippen molar-refractivity contribution in [3.63, 3.8) is 0 Å². The van der Waals surface area contributed by atoms with Gasteiger partial charge in [0.05, 0.1) is 69.9 Å². The molecule has 67 heavy (non-hydrogen) atoms. The first-order valence-electron chi connectivity index (χ1n) is 23.3. The number of carboxylic acids is 1. The van der Waals surface area contributed by atoms with E-state index in [4.69, 9.17) is 24.3 Å². The van der Waals surface area contributed by atoms with Gasteiger partial charge in [0, 0.05) is 65.9 Å². The number of carbonyl (C=O) groups is 4. The van der Waals surface area contributed by atoms with E-state index < -0.39 is 5.97 Å². The van der Waals surface area contributed by atoms with Gasteiger partial charge in [-0.25, -0.2) is 0 Å². The molecule has 1 unspecified atom stereocenters. The van der Waals surface area contributed by atoms with Gasteiger partial charge in [0.15, 0.2) is 0 Å². The number of nitrogens with one attached hydrogen (secondary N) is 2. The Morgan fingerprint density at radius 2 is 1.51 bits per heavy atom. The number of rotatable bonds is 23. The van der Waals surface area contributed by atoms with E-state index in [1.54, 1.807) is 36.0 Å². The summed E-state index contributed by atoms with van der Waals surface area (Å²) in [6.45, 7) is 4.34. The number of ether oxygens (including phenoxy) is 3. The summed E-state index contributed by atoms with van der Waals surface area (Å²) in [4.78, 5) is 61.1. The zero-order chi connectivity index (χ0) is 46.8. The van der Waals surface area contributed by atoms with Gasteiger partial charge < -0.3 is 39.8 Å². The molecule has 4 aromatic carbocycles. The van der Waals surface area contributed by atoms with Gasteiger partial charge >= 0.3 is 5.97 Å². The van der Waals surface area contributed by atoms with E-state index in [0.29, 0.717) is 67.8 Å². The number of thioether (sulfide) groups is 1. The molecule has 0 bridgehead atoms. The van der Waals surface area contributed by atoms with Crippen LogP contribution in [0.4, 0.5) is 11.4 Å². The van der Waals surface area contributed by atoms with Gasteiger partial charge in [0.2, 0.25) is 5.91 Å². The van der Waals surface area contributed by atoms with Crippen LogP contribution >= 0.6 is 11.8 Å². The Bertz CT molecular complexity index is 2460. The molecule has 1 aliphatic heterocycles. The minimum Gasteiger partial charge on any atom is -0.481 e. The number of carbonyl (C=O) groups excluding carboxylic acids is 3. The van der Waals surface area contributed by atoms with Crippen LogP contribution in [0.5, 0.6) is 0 Å². The molecule has 1 atom stereocenters. The van der Waals surface area contributed by atoms with Crippen LogP contribution in [-0.4, -0.2) is 105 Å². The Kier molecular flexibility index (Phi) is 18.4. The Hall–Kier alpha value is -6.06. The van der Waals surface area contributed by atoms with Gasteiger partial charge in [0.1, 0.15) is 0 Å². The minimum absolute atomic E-state index is 0.0151. The first kappa shape index (κ1) is 48.9. The average molecular weight is 928 g/mol. The number of benzene rings is 4. The fourth-order valence-electron chi connectivity index (χ4n) is 8.31. The van der Waals surface area contributed by atoms with Gasteiger partial charge in [0.25, 0.3) is 11.8 Å². The van der Waals surface area contributed by atoms with Crippen molar-refractivity contribution in [1.29, 1.82) is 0 Å². The van der Waals surface area contributed by atoms with Crippen molar-refractivity contribution < 1.29 is 38.5 Å². The number of pyridine rings is 1. The van der Waals surface area contributed by atoms with E-state index in [-0.39, 0.29) is 43.2 Å². The number of aryl methyl sites for hydroxylation is 1. The molecule has 7 rings (SSSR count). The lowest BCUT2D eigenvalue weighted by molar-refractivity contribution is -0.138. The molecule has 1 saturated heterocycles. The topological polar surface area (TPSA) is 160 Å². The second-order valence-electron chi connectivity index (χ2n) is 16.9. The maximum Gasteiger partial charge on any atom is 0.305 e. The molecule has 14 heteroatoms. The molecule has 0 radical (unpaired) electrons. The summed E-state index contributed by atoms with van der Waals surface area (Å²) in [5.74, 6) is -0.686. The van der Waals surface area contributed by atoms with E-state index in [1.165, 1.54) is 17.5 Å². The number of nitrogens with zero attached hydrogens (tertiary/aromatic N) is 3. The van der Waals surface area contributed by atoms with E-state index in [2.05, 4.69) is 45.9 Å². The zero-order valence-electron chi connectivity index (χ0n) is 38.3. The molecular formula is C53H61N5O8S. The van der Waals surface area contributed by atoms with Crippen LogP contribution in [0.15, 0.2) is 114 Å². The number of hydrogen-bond acceptors (Lipinski definition) is 10. The number of hydrogen-bond donors (Lipinski definition) is 3. The highest BCUT2D eigenvalue weighted by atomic mass is 32.2. The number of carboxylic acid groups (broad SMARTS) is 1. The number of piperidine rings is 1. The van der Waals surface area contributed by atoms with Crippen LogP contribution < -0.4 is 15.5 Å². The maximum atomic E-state index is 14.0. The van der Waals surface area contributed by atoms with Crippen LogP contribution in [0, 0.1) is 0 Å². The quantitative estimate of drug-likeness (QED) is 0.0425. The second-order valence-corrected chi connectivity index (χ2v) is 17.9. The van der Waals surface area contributed by atoms with Crippen molar-refractivity contribution in [3.8, 4) is 11.3 Å². The van der Waals surface area contributed by atoms with Crippen LogP contribution in [0.1, 0.15) is 87.5 Å². The van der Waals surface area contributed by atoms with E-state index >= 15 is 0 Å². The van der Waals surface area contributed by atoms with Crippen molar-refractivity contribution in [1.82, 2.24) is 15.2 Å². The molecule has 352 valence electrons. The van der Waals surface area contributed by atoms with Crippen molar-refractivity contribution in [2.75, 3.05) is 76.5 Å². The van der Waals surface area contributed by atoms with Gasteiger partial charge in [-0.05, 0) is 115 Å². The summed E-state index contributed by atoms with van der Waals surface area (Å²) in [6.07, 6.45) is 8.27. The Labute approximate surface area is 397 Å². The monoisotopic (exact) mass is 927 g/mol. The SMILES string of the molecule is CN(CCOCCOCCOCCC(=O)O)C(=O)Cc1cccc(SCc2cccc(C(=O)Nc3ccc(N4CCCCC4)cc3-c3cc(C(=O)NC4CCCc5ccccc54)ccn3)c2)c1. The number of anilines is 2. The predicted octanol–water partition coefficient (Wildman–Crippen LogP) is 8.62. The van der Waals surface area contributed by atoms with Crippen molar-refractivity contribution in [2.24, 2.45) is 0 Å². The van der Waals surface area contributed by atoms with Crippen LogP contribution in [0.25, 0.3) is 11.3 Å². The normalized spacial score (nSPS) is 14.5. The summed E-state index contributed by atoms with van der Waals surface area (Å²) in [5, 5.41) is 15.1. The fourth-order valence-corrected chi connectivity index (χ4v) is 9.23. The summed E-state index contributed by atoms with van der Waals surface area (Å²) >= 11 is 1.64. The average Bonchev–Trinajstić information content (AvgIpc) is 3.35. The highest BCUT2D eigenvalue weighted by molar-refractivity contribution is 7.98. The third kappa shape index (κ3) is 14.7. The zero-order valence-corrected chi connectivity index (χ0v) is 39.1. The molecule has 0 spiro atoms. The largest absolute Gasteiger partial charge is 0.481 e. The van der Waals surface area contributed by atoms with Gasteiger partial charge in [-0.1, -0.05) is 48.5 Å². The lowest BCUT2D eigenvalue weighted by atomic mass is 9.87. The smallest absolute Gasteiger partial charge is 0.305 e. The fraction of sp³-hybridized carbons (Fsp3) is 0.377. The molecule has 0 saturated carbocycles. The summed E-state index contributed by atoms with van der Waals surface area (Å²) in [6, 6.07) is 33.5. The van der Waals surface area contributed by atoms with E-state index in [9.17, 15) is 19.2 Å². The predicted molar refractivity (Wildman–Crippen MR) is 262 cm³/mol. The number of aromatic nitrogens is 1. The Morgan fingerprint density at radius 3 is 2.33 bits per heavy atom. The van der Waals surface area contributed by atoms with Gasteiger partial charge in [-0.3, -0.25) is 24.2 Å². The molecule has 1 fully saturated rings. The van der Waals surface area contributed by atoms with Crippen molar-refractivity contribution in [3.05, 3.63) is 143 Å². The molecule has 13 nitrogen and oxygen atoms in total. The molecule has 3 N–H and O–H groups in total. The summed E-state index contributed by atoms with van der Waals surface area (Å²) in [7, 11) is 1.76. The molecule has 1 aliphatic carbocycles. The number of amides is 3. The first-order valence-corrected chi connectivity index (χ1v) is 24.2. The maximum absolute atomic E-state index is 14.0. The lowest BCUT2D eigenvalue weighted by Crippen LogP contribution is -2.31. The van der Waals surface area contributed by atoms with E-state index in [1.807, 2.05) is 66.7 Å². The van der Waals surface area contributed by atoms with Gasteiger partial charge in [-0.15, -0.1) is 11.8 Å². The molecular weight excluding hydrogens is 867 g/mol. The van der Waals surface area contributed by atoms with Crippen LogP contribution in [0.3, 0.4) is 0 Å². The molecule has 3 amide bonds. The number of fused-ring (bicyclic) bond motifs is 1. The highest BCUT2D eigenvalue weighted by Crippen LogP contribution is 2.34. The Balaban J connectivity index is 0.936. The van der Waals surface area contributed by atoms with E-state index in [0.717, 1.165) is 72.5 Å². The summed E-state index contributed by atoms with van der Waals surface area (Å²) < 4.78 is 16.2. The highest BCUT2D eigenvalue weighted by Gasteiger charge is 2.23. The molecule has 5 aromatic rings. The Morgan fingerprint density at radius 1 is 0.761 bits per heavy atom. The van der Waals surface area contributed by atoms with Crippen molar-refractivity contribution in [2.45, 2.75) is 68.1 Å². The third-order valence-corrected chi connectivity index (χ3v) is 13.1. The third-order valence-electron chi connectivity index (χ3n) is 12.0. The van der Waals surface area contributed by atoms with Crippen LogP contribution in [0.2, 0.25) is 0 Å². The van der Waals surface area contributed by atoms with Gasteiger partial charge in [-0.2, -0.15) is 0 Å².